The average Bonchev–Trinajstić information content (AvgIpc) is 2.83. The van der Waals surface area contributed by atoms with E-state index in [2.05, 4.69) is 27.9 Å². The van der Waals surface area contributed by atoms with E-state index in [0.717, 1.165) is 29.7 Å². The Morgan fingerprint density at radius 2 is 1.87 bits per heavy atom. The number of benzene rings is 1. The van der Waals surface area contributed by atoms with Gasteiger partial charge in [-0.15, -0.1) is 0 Å². The standard InChI is InChI=1S/C28H35N5O5/c1-16-6-10-22(19-7-9-21-18(13-19)8-11-23(34)31-21)33(15-16)26(36)25(35)30-20-12-17(2)24(29-14-20)32-27(37)38-28(3,4)5/h7,9,12-14,16,22H,6,8,10-11,15H2,1-5H3,(H,30,35)(H,31,34)(H,29,32,37). The van der Waals surface area contributed by atoms with Gasteiger partial charge in [-0.05, 0) is 81.7 Å². The quantitative estimate of drug-likeness (QED) is 0.508. The Kier molecular flexibility index (Phi) is 7.71. The fraction of sp³-hybridized carbons (Fsp3) is 0.464. The van der Waals surface area contributed by atoms with Crippen LogP contribution in [0.15, 0.2) is 30.5 Å². The summed E-state index contributed by atoms with van der Waals surface area (Å²) in [6.07, 6.45) is 3.53. The third-order valence-corrected chi connectivity index (χ3v) is 6.64. The van der Waals surface area contributed by atoms with Gasteiger partial charge in [-0.1, -0.05) is 19.1 Å². The van der Waals surface area contributed by atoms with Crippen molar-refractivity contribution in [2.45, 2.75) is 71.9 Å². The van der Waals surface area contributed by atoms with Crippen LogP contribution in [0.1, 0.15) is 69.7 Å². The molecule has 0 bridgehead atoms. The minimum absolute atomic E-state index is 0.00333. The zero-order chi connectivity index (χ0) is 27.6. The lowest BCUT2D eigenvalue weighted by molar-refractivity contribution is -0.146. The number of piperidine rings is 1. The molecule has 2 atom stereocenters. The molecule has 10 heteroatoms. The largest absolute Gasteiger partial charge is 0.444 e. The molecular formula is C28H35N5O5. The highest BCUT2D eigenvalue weighted by molar-refractivity contribution is 6.39. The summed E-state index contributed by atoms with van der Waals surface area (Å²) in [5, 5.41) is 8.13. The molecule has 4 rings (SSSR count). The number of ether oxygens (including phenoxy) is 1. The van der Waals surface area contributed by atoms with Gasteiger partial charge in [-0.2, -0.15) is 0 Å². The molecule has 0 aliphatic carbocycles. The lowest BCUT2D eigenvalue weighted by Crippen LogP contribution is -2.46. The van der Waals surface area contributed by atoms with Crippen LogP contribution >= 0.6 is 0 Å². The van der Waals surface area contributed by atoms with Crippen molar-refractivity contribution in [1.82, 2.24) is 9.88 Å². The Morgan fingerprint density at radius 1 is 1.11 bits per heavy atom. The number of carbonyl (C=O) groups is 4. The van der Waals surface area contributed by atoms with Gasteiger partial charge in [0.15, 0.2) is 0 Å². The topological polar surface area (TPSA) is 130 Å². The Hall–Kier alpha value is -3.95. The molecule has 4 amide bonds. The number of rotatable bonds is 3. The number of carbonyl (C=O) groups excluding carboxylic acids is 4. The first kappa shape index (κ1) is 27.1. The van der Waals surface area contributed by atoms with Gasteiger partial charge in [0.25, 0.3) is 0 Å². The van der Waals surface area contributed by atoms with Gasteiger partial charge in [-0.3, -0.25) is 19.7 Å². The highest BCUT2D eigenvalue weighted by Crippen LogP contribution is 2.36. The molecule has 1 fully saturated rings. The molecule has 2 aromatic rings. The average molecular weight is 522 g/mol. The van der Waals surface area contributed by atoms with Gasteiger partial charge in [0.1, 0.15) is 11.4 Å². The molecule has 38 heavy (non-hydrogen) atoms. The number of pyridine rings is 1. The van der Waals surface area contributed by atoms with E-state index in [4.69, 9.17) is 4.74 Å². The van der Waals surface area contributed by atoms with E-state index >= 15 is 0 Å². The molecule has 0 spiro atoms. The molecule has 1 aromatic carbocycles. The summed E-state index contributed by atoms with van der Waals surface area (Å²) in [6.45, 7) is 9.57. The summed E-state index contributed by atoms with van der Waals surface area (Å²) < 4.78 is 5.25. The van der Waals surface area contributed by atoms with E-state index in [1.165, 1.54) is 6.20 Å². The Bertz CT molecular complexity index is 1270. The number of aromatic nitrogens is 1. The van der Waals surface area contributed by atoms with Gasteiger partial charge in [-0.25, -0.2) is 9.78 Å². The van der Waals surface area contributed by atoms with Crippen molar-refractivity contribution in [2.75, 3.05) is 22.5 Å². The highest BCUT2D eigenvalue weighted by Gasteiger charge is 2.35. The number of amides is 4. The van der Waals surface area contributed by atoms with Gasteiger partial charge >= 0.3 is 17.9 Å². The van der Waals surface area contributed by atoms with Crippen molar-refractivity contribution < 1.29 is 23.9 Å². The molecule has 10 nitrogen and oxygen atoms in total. The van der Waals surface area contributed by atoms with Gasteiger partial charge in [0.05, 0.1) is 17.9 Å². The number of hydrogen-bond donors (Lipinski definition) is 3. The highest BCUT2D eigenvalue weighted by atomic mass is 16.6. The predicted molar refractivity (Wildman–Crippen MR) is 144 cm³/mol. The lowest BCUT2D eigenvalue weighted by Gasteiger charge is -2.39. The number of likely N-dealkylation sites (tertiary alicyclic amines) is 1. The molecular weight excluding hydrogens is 486 g/mol. The van der Waals surface area contributed by atoms with Crippen LogP contribution in [0.5, 0.6) is 0 Å². The summed E-state index contributed by atoms with van der Waals surface area (Å²) >= 11 is 0. The Labute approximate surface area is 222 Å². The number of fused-ring (bicyclic) bond motifs is 1. The second-order valence-corrected chi connectivity index (χ2v) is 11.1. The second kappa shape index (κ2) is 10.8. The fourth-order valence-electron chi connectivity index (χ4n) is 4.82. The van der Waals surface area contributed by atoms with Crippen LogP contribution in [0, 0.1) is 12.8 Å². The van der Waals surface area contributed by atoms with Crippen molar-refractivity contribution >= 4 is 41.0 Å². The fourth-order valence-corrected chi connectivity index (χ4v) is 4.82. The van der Waals surface area contributed by atoms with Crippen LogP contribution in [0.25, 0.3) is 0 Å². The molecule has 1 aromatic heterocycles. The maximum absolute atomic E-state index is 13.4. The van der Waals surface area contributed by atoms with E-state index < -0.39 is 23.5 Å². The zero-order valence-electron chi connectivity index (χ0n) is 22.5. The normalized spacial score (nSPS) is 19.2. The first-order valence-electron chi connectivity index (χ1n) is 12.9. The van der Waals surface area contributed by atoms with Crippen molar-refractivity contribution in [3.8, 4) is 0 Å². The SMILES string of the molecule is Cc1cc(NC(=O)C(=O)N2CC(C)CCC2c2ccc3c(c2)CCC(=O)N3)cnc1NC(=O)OC(C)(C)C. The van der Waals surface area contributed by atoms with Gasteiger partial charge in [0, 0.05) is 18.7 Å². The minimum atomic E-state index is -0.747. The van der Waals surface area contributed by atoms with E-state index in [1.54, 1.807) is 38.7 Å². The smallest absolute Gasteiger partial charge is 0.413 e. The summed E-state index contributed by atoms with van der Waals surface area (Å²) in [6, 6.07) is 7.25. The number of aryl methyl sites for hydroxylation is 2. The van der Waals surface area contributed by atoms with E-state index in [0.29, 0.717) is 36.5 Å². The monoisotopic (exact) mass is 521 g/mol. The van der Waals surface area contributed by atoms with E-state index in [-0.39, 0.29) is 17.9 Å². The number of nitrogens with one attached hydrogen (secondary N) is 3. The van der Waals surface area contributed by atoms with Crippen LogP contribution < -0.4 is 16.0 Å². The van der Waals surface area contributed by atoms with Gasteiger partial charge < -0.3 is 20.3 Å². The van der Waals surface area contributed by atoms with Crippen LogP contribution in [0.3, 0.4) is 0 Å². The summed E-state index contributed by atoms with van der Waals surface area (Å²) in [5.41, 5.74) is 3.11. The Morgan fingerprint density at radius 3 is 2.58 bits per heavy atom. The van der Waals surface area contributed by atoms with Crippen LogP contribution in [0.2, 0.25) is 0 Å². The van der Waals surface area contributed by atoms with Gasteiger partial charge in [0.2, 0.25) is 5.91 Å². The Balaban J connectivity index is 1.46. The minimum Gasteiger partial charge on any atom is -0.444 e. The zero-order valence-corrected chi connectivity index (χ0v) is 22.5. The second-order valence-electron chi connectivity index (χ2n) is 11.1. The molecule has 3 heterocycles. The third-order valence-electron chi connectivity index (χ3n) is 6.64. The summed E-state index contributed by atoms with van der Waals surface area (Å²) in [4.78, 5) is 56.0. The summed E-state index contributed by atoms with van der Waals surface area (Å²) in [5.74, 6) is -0.785. The first-order chi connectivity index (χ1) is 17.9. The van der Waals surface area contributed by atoms with Crippen molar-refractivity contribution in [3.63, 3.8) is 0 Å². The molecule has 2 unspecified atom stereocenters. The lowest BCUT2D eigenvalue weighted by atomic mass is 9.88. The van der Waals surface area contributed by atoms with Crippen LogP contribution in [-0.4, -0.2) is 45.8 Å². The third kappa shape index (κ3) is 6.48. The van der Waals surface area contributed by atoms with Crippen molar-refractivity contribution in [3.05, 3.63) is 47.2 Å². The number of anilines is 3. The van der Waals surface area contributed by atoms with Crippen molar-refractivity contribution in [2.24, 2.45) is 5.92 Å². The molecule has 1 saturated heterocycles. The molecule has 3 N–H and O–H groups in total. The maximum atomic E-state index is 13.4. The first-order valence-corrected chi connectivity index (χ1v) is 12.9. The maximum Gasteiger partial charge on any atom is 0.413 e. The summed E-state index contributed by atoms with van der Waals surface area (Å²) in [7, 11) is 0. The van der Waals surface area contributed by atoms with Crippen LogP contribution in [0.4, 0.5) is 22.0 Å². The number of hydrogen-bond acceptors (Lipinski definition) is 6. The molecule has 2 aliphatic heterocycles. The molecule has 0 saturated carbocycles. The predicted octanol–water partition coefficient (Wildman–Crippen LogP) is 4.56. The molecule has 2 aliphatic rings. The van der Waals surface area contributed by atoms with E-state index in [9.17, 15) is 19.2 Å². The van der Waals surface area contributed by atoms with E-state index in [1.807, 2.05) is 18.2 Å². The number of nitrogens with zero attached hydrogens (tertiary/aromatic N) is 2. The molecule has 202 valence electrons. The van der Waals surface area contributed by atoms with Crippen molar-refractivity contribution in [1.29, 1.82) is 0 Å². The molecule has 0 radical (unpaired) electrons. The van der Waals surface area contributed by atoms with Crippen LogP contribution in [-0.2, 0) is 25.5 Å².